The minimum absolute atomic E-state index is 0.0201. The smallest absolute Gasteiger partial charge is 0.252 e. The van der Waals surface area contributed by atoms with Crippen LogP contribution in [0.1, 0.15) is 28.8 Å². The Kier molecular flexibility index (Phi) is 6.29. The van der Waals surface area contributed by atoms with Crippen LogP contribution in [0.3, 0.4) is 0 Å². The Labute approximate surface area is 150 Å². The number of benzene rings is 1. The number of sulfonamides is 1. The van der Waals surface area contributed by atoms with Gasteiger partial charge < -0.3 is 10.6 Å². The fourth-order valence-electron chi connectivity index (χ4n) is 2.15. The molecule has 0 saturated carbocycles. The second-order valence-corrected chi connectivity index (χ2v) is 7.75. The molecule has 2 amide bonds. The number of thiophene rings is 1. The number of primary sulfonamides is 1. The van der Waals surface area contributed by atoms with Crippen LogP contribution in [0.5, 0.6) is 0 Å². The summed E-state index contributed by atoms with van der Waals surface area (Å²) < 4.78 is 23.0. The number of nitrogens with two attached hydrogens (primary N) is 1. The number of carbonyl (C=O) groups excluding carboxylic acids is 2. The minimum atomic E-state index is -3.84. The standard InChI is InChI=1S/C16H19N3O4S2/c1-11-4-5-13(9-14(11)25(17,22)23)19-15(20)3-2-7-18-16(21)12-6-8-24-10-12/h4-6,8-10H,2-3,7H2,1H3,(H,18,21)(H,19,20)(H2,17,22,23). The second-order valence-electron chi connectivity index (χ2n) is 5.44. The summed E-state index contributed by atoms with van der Waals surface area (Å²) in [6.45, 7) is 2.00. The zero-order valence-electron chi connectivity index (χ0n) is 13.6. The summed E-state index contributed by atoms with van der Waals surface area (Å²) in [6, 6.07) is 6.25. The van der Waals surface area contributed by atoms with Gasteiger partial charge in [-0.15, -0.1) is 0 Å². The van der Waals surface area contributed by atoms with E-state index in [-0.39, 0.29) is 23.1 Å². The molecule has 0 saturated heterocycles. The summed E-state index contributed by atoms with van der Waals surface area (Å²) in [5.41, 5.74) is 1.48. The summed E-state index contributed by atoms with van der Waals surface area (Å²) in [6.07, 6.45) is 0.665. The molecule has 0 atom stereocenters. The first-order valence-electron chi connectivity index (χ1n) is 7.51. The number of anilines is 1. The maximum absolute atomic E-state index is 11.9. The minimum Gasteiger partial charge on any atom is -0.352 e. The third-order valence-electron chi connectivity index (χ3n) is 3.43. The van der Waals surface area contributed by atoms with E-state index in [4.69, 9.17) is 5.14 Å². The second kappa shape index (κ2) is 8.24. The van der Waals surface area contributed by atoms with Gasteiger partial charge in [0.25, 0.3) is 5.91 Å². The molecule has 0 bridgehead atoms. The molecule has 7 nitrogen and oxygen atoms in total. The van der Waals surface area contributed by atoms with E-state index >= 15 is 0 Å². The highest BCUT2D eigenvalue weighted by Crippen LogP contribution is 2.19. The van der Waals surface area contributed by atoms with Gasteiger partial charge in [-0.3, -0.25) is 9.59 Å². The van der Waals surface area contributed by atoms with E-state index in [1.165, 1.54) is 17.4 Å². The molecule has 1 heterocycles. The largest absolute Gasteiger partial charge is 0.352 e. The lowest BCUT2D eigenvalue weighted by atomic mass is 10.2. The van der Waals surface area contributed by atoms with Crippen molar-refractivity contribution in [2.24, 2.45) is 5.14 Å². The van der Waals surface area contributed by atoms with Crippen molar-refractivity contribution in [1.29, 1.82) is 0 Å². The molecule has 0 aliphatic carbocycles. The maximum Gasteiger partial charge on any atom is 0.252 e. The van der Waals surface area contributed by atoms with Gasteiger partial charge in [0.15, 0.2) is 0 Å². The SMILES string of the molecule is Cc1ccc(NC(=O)CCCNC(=O)c2ccsc2)cc1S(N)(=O)=O. The quantitative estimate of drug-likeness (QED) is 0.634. The predicted octanol–water partition coefficient (Wildman–Crippen LogP) is 1.85. The van der Waals surface area contributed by atoms with Gasteiger partial charge >= 0.3 is 0 Å². The predicted molar refractivity (Wildman–Crippen MR) is 97.1 cm³/mol. The summed E-state index contributed by atoms with van der Waals surface area (Å²) in [5, 5.41) is 14.1. The van der Waals surface area contributed by atoms with Gasteiger partial charge in [0, 0.05) is 29.6 Å². The summed E-state index contributed by atoms with van der Waals surface area (Å²) >= 11 is 1.44. The van der Waals surface area contributed by atoms with Crippen LogP contribution in [-0.2, 0) is 14.8 Å². The first-order valence-corrected chi connectivity index (χ1v) is 10.00. The van der Waals surface area contributed by atoms with E-state index in [0.29, 0.717) is 29.8 Å². The topological polar surface area (TPSA) is 118 Å². The third-order valence-corrected chi connectivity index (χ3v) is 5.16. The van der Waals surface area contributed by atoms with Gasteiger partial charge in [-0.2, -0.15) is 11.3 Å². The van der Waals surface area contributed by atoms with Crippen molar-refractivity contribution in [2.75, 3.05) is 11.9 Å². The zero-order valence-corrected chi connectivity index (χ0v) is 15.2. The Bertz CT molecular complexity index is 862. The zero-order chi connectivity index (χ0) is 18.4. The van der Waals surface area contributed by atoms with Crippen LogP contribution in [0.2, 0.25) is 0 Å². The summed E-state index contributed by atoms with van der Waals surface area (Å²) in [7, 11) is -3.84. The molecule has 2 aromatic rings. The van der Waals surface area contributed by atoms with Crippen LogP contribution in [0.4, 0.5) is 5.69 Å². The van der Waals surface area contributed by atoms with Crippen LogP contribution < -0.4 is 15.8 Å². The van der Waals surface area contributed by atoms with Gasteiger partial charge in [0.2, 0.25) is 15.9 Å². The van der Waals surface area contributed by atoms with Gasteiger partial charge in [-0.1, -0.05) is 6.07 Å². The number of amides is 2. The summed E-state index contributed by atoms with van der Waals surface area (Å²) in [4.78, 5) is 23.6. The van der Waals surface area contributed by atoms with Crippen molar-refractivity contribution >= 4 is 38.9 Å². The number of carbonyl (C=O) groups is 2. The highest BCUT2D eigenvalue weighted by molar-refractivity contribution is 7.89. The van der Waals surface area contributed by atoms with E-state index in [1.54, 1.807) is 30.5 Å². The number of aryl methyl sites for hydroxylation is 1. The molecule has 9 heteroatoms. The van der Waals surface area contributed by atoms with Crippen LogP contribution in [0.25, 0.3) is 0 Å². The Morgan fingerprint density at radius 3 is 2.64 bits per heavy atom. The average Bonchev–Trinajstić information content (AvgIpc) is 3.06. The van der Waals surface area contributed by atoms with Crippen molar-refractivity contribution in [3.8, 4) is 0 Å². The van der Waals surface area contributed by atoms with Gasteiger partial charge in [-0.25, -0.2) is 13.6 Å². The van der Waals surface area contributed by atoms with E-state index in [2.05, 4.69) is 10.6 Å². The van der Waals surface area contributed by atoms with E-state index in [9.17, 15) is 18.0 Å². The average molecular weight is 381 g/mol. The van der Waals surface area contributed by atoms with Crippen molar-refractivity contribution in [1.82, 2.24) is 5.32 Å². The molecular formula is C16H19N3O4S2. The van der Waals surface area contributed by atoms with Crippen LogP contribution >= 0.6 is 11.3 Å². The third kappa shape index (κ3) is 5.66. The Hall–Kier alpha value is -2.23. The van der Waals surface area contributed by atoms with Crippen LogP contribution in [0.15, 0.2) is 39.9 Å². The maximum atomic E-state index is 11.9. The van der Waals surface area contributed by atoms with Crippen molar-refractivity contribution in [3.63, 3.8) is 0 Å². The lowest BCUT2D eigenvalue weighted by molar-refractivity contribution is -0.116. The molecule has 4 N–H and O–H groups in total. The highest BCUT2D eigenvalue weighted by Gasteiger charge is 2.13. The summed E-state index contributed by atoms with van der Waals surface area (Å²) in [5.74, 6) is -0.438. The lowest BCUT2D eigenvalue weighted by Gasteiger charge is -2.09. The normalized spacial score (nSPS) is 11.1. The van der Waals surface area contributed by atoms with Crippen molar-refractivity contribution in [3.05, 3.63) is 46.2 Å². The van der Waals surface area contributed by atoms with E-state index in [0.717, 1.165) is 0 Å². The van der Waals surface area contributed by atoms with Gasteiger partial charge in [0.1, 0.15) is 0 Å². The number of hydrogen-bond donors (Lipinski definition) is 3. The molecule has 2 rings (SSSR count). The molecule has 25 heavy (non-hydrogen) atoms. The first kappa shape index (κ1) is 19.1. The molecule has 0 aliphatic heterocycles. The van der Waals surface area contributed by atoms with E-state index in [1.807, 2.05) is 5.38 Å². The van der Waals surface area contributed by atoms with E-state index < -0.39 is 10.0 Å². The monoisotopic (exact) mass is 381 g/mol. The van der Waals surface area contributed by atoms with Crippen LogP contribution in [-0.4, -0.2) is 26.8 Å². The van der Waals surface area contributed by atoms with Gasteiger partial charge in [-0.05, 0) is 42.5 Å². The fourth-order valence-corrected chi connectivity index (χ4v) is 3.60. The molecule has 0 aliphatic rings. The number of nitrogens with one attached hydrogen (secondary N) is 2. The molecule has 134 valence electrons. The molecule has 0 unspecified atom stereocenters. The van der Waals surface area contributed by atoms with Crippen molar-refractivity contribution < 1.29 is 18.0 Å². The fraction of sp³-hybridized carbons (Fsp3) is 0.250. The van der Waals surface area contributed by atoms with Gasteiger partial charge in [0.05, 0.1) is 4.90 Å². The molecule has 1 aromatic carbocycles. The molecule has 0 radical (unpaired) electrons. The number of hydrogen-bond acceptors (Lipinski definition) is 5. The van der Waals surface area contributed by atoms with Crippen LogP contribution in [0, 0.1) is 6.92 Å². The molecule has 0 spiro atoms. The highest BCUT2D eigenvalue weighted by atomic mass is 32.2. The molecule has 0 fully saturated rings. The Balaban J connectivity index is 1.82. The molecular weight excluding hydrogens is 362 g/mol. The first-order chi connectivity index (χ1) is 11.8. The Morgan fingerprint density at radius 1 is 1.24 bits per heavy atom. The molecule has 1 aromatic heterocycles. The number of rotatable bonds is 7. The lowest BCUT2D eigenvalue weighted by Crippen LogP contribution is -2.25. The Morgan fingerprint density at radius 2 is 2.00 bits per heavy atom. The van der Waals surface area contributed by atoms with Crippen molar-refractivity contribution in [2.45, 2.75) is 24.7 Å².